The van der Waals surface area contributed by atoms with Gasteiger partial charge in [0.1, 0.15) is 5.75 Å². The molecule has 3 rings (SSSR count). The van der Waals surface area contributed by atoms with Gasteiger partial charge in [-0.2, -0.15) is 0 Å². The summed E-state index contributed by atoms with van der Waals surface area (Å²) in [5.74, 6) is -0.699. The number of carbonyl (C=O) groups is 2. The van der Waals surface area contributed by atoms with Crippen molar-refractivity contribution in [2.75, 3.05) is 11.9 Å². The lowest BCUT2D eigenvalue weighted by molar-refractivity contribution is -0.274. The number of aryl methyl sites for hydroxylation is 1. The molecule has 0 bridgehead atoms. The Morgan fingerprint density at radius 1 is 1.03 bits per heavy atom. The van der Waals surface area contributed by atoms with Crippen molar-refractivity contribution in [3.05, 3.63) is 65.0 Å². The van der Waals surface area contributed by atoms with Gasteiger partial charge in [-0.25, -0.2) is 4.98 Å². The van der Waals surface area contributed by atoms with Gasteiger partial charge >= 0.3 is 6.36 Å². The molecular formula is C23H22F3N3O3S. The number of benzene rings is 2. The van der Waals surface area contributed by atoms with E-state index in [-0.39, 0.29) is 24.0 Å². The van der Waals surface area contributed by atoms with Crippen LogP contribution in [0.25, 0.3) is 11.3 Å². The maximum Gasteiger partial charge on any atom is 0.573 e. The first kappa shape index (κ1) is 24.2. The zero-order chi connectivity index (χ0) is 23.8. The quantitative estimate of drug-likeness (QED) is 0.427. The first-order valence-corrected chi connectivity index (χ1v) is 11.0. The van der Waals surface area contributed by atoms with Crippen molar-refractivity contribution in [3.63, 3.8) is 0 Å². The Bertz CT molecular complexity index is 1080. The van der Waals surface area contributed by atoms with Gasteiger partial charge in [0.25, 0.3) is 0 Å². The van der Waals surface area contributed by atoms with E-state index in [0.717, 1.165) is 29.7 Å². The molecule has 0 aliphatic rings. The molecule has 2 N–H and O–H groups in total. The molecule has 0 aliphatic carbocycles. The summed E-state index contributed by atoms with van der Waals surface area (Å²) in [6.07, 6.45) is -3.06. The number of amides is 2. The number of hydrogen-bond donors (Lipinski definition) is 2. The van der Waals surface area contributed by atoms with Crippen LogP contribution in [0.1, 0.15) is 24.5 Å². The smallest absolute Gasteiger partial charge is 0.406 e. The third kappa shape index (κ3) is 8.23. The summed E-state index contributed by atoms with van der Waals surface area (Å²) in [6.45, 7) is 2.13. The van der Waals surface area contributed by atoms with Gasteiger partial charge in [0.15, 0.2) is 5.13 Å². The molecule has 0 aliphatic heterocycles. The number of hydrogen-bond acceptors (Lipinski definition) is 5. The molecule has 0 fully saturated rings. The van der Waals surface area contributed by atoms with Crippen LogP contribution >= 0.6 is 11.3 Å². The van der Waals surface area contributed by atoms with E-state index in [1.807, 2.05) is 29.6 Å². The molecule has 0 unspecified atom stereocenters. The van der Waals surface area contributed by atoms with Gasteiger partial charge in [-0.15, -0.1) is 24.5 Å². The van der Waals surface area contributed by atoms with Gasteiger partial charge in [-0.1, -0.05) is 36.4 Å². The molecular weight excluding hydrogens is 455 g/mol. The number of nitrogens with one attached hydrogen (secondary N) is 2. The summed E-state index contributed by atoms with van der Waals surface area (Å²) in [4.78, 5) is 27.6. The number of carbonyl (C=O) groups excluding carboxylic acids is 2. The van der Waals surface area contributed by atoms with Crippen molar-refractivity contribution >= 4 is 28.3 Å². The van der Waals surface area contributed by atoms with Gasteiger partial charge in [-0.05, 0) is 36.1 Å². The van der Waals surface area contributed by atoms with Crippen molar-refractivity contribution in [1.29, 1.82) is 0 Å². The lowest BCUT2D eigenvalue weighted by Crippen LogP contribution is -2.21. The minimum Gasteiger partial charge on any atom is -0.406 e. The average Bonchev–Trinajstić information content (AvgIpc) is 3.20. The van der Waals surface area contributed by atoms with Crippen LogP contribution in [0.3, 0.4) is 0 Å². The van der Waals surface area contributed by atoms with E-state index in [2.05, 4.69) is 20.4 Å². The number of halogens is 3. The van der Waals surface area contributed by atoms with Crippen molar-refractivity contribution in [2.45, 2.75) is 32.5 Å². The van der Waals surface area contributed by atoms with E-state index in [0.29, 0.717) is 17.2 Å². The van der Waals surface area contributed by atoms with Crippen LogP contribution in [0.4, 0.5) is 18.3 Å². The first-order valence-electron chi connectivity index (χ1n) is 10.1. The lowest BCUT2D eigenvalue weighted by atomic mass is 10.1. The summed E-state index contributed by atoms with van der Waals surface area (Å²) in [5, 5.41) is 7.75. The Morgan fingerprint density at radius 3 is 2.33 bits per heavy atom. The fraction of sp³-hybridized carbons (Fsp3) is 0.261. The highest BCUT2D eigenvalue weighted by Crippen LogP contribution is 2.26. The van der Waals surface area contributed by atoms with Crippen molar-refractivity contribution < 1.29 is 27.5 Å². The Kier molecular flexibility index (Phi) is 8.05. The number of aromatic nitrogens is 1. The summed E-state index contributed by atoms with van der Waals surface area (Å²) < 4.78 is 40.5. The van der Waals surface area contributed by atoms with E-state index in [9.17, 15) is 22.8 Å². The van der Waals surface area contributed by atoms with E-state index in [1.54, 1.807) is 0 Å². The second-order valence-corrected chi connectivity index (χ2v) is 8.10. The maximum absolute atomic E-state index is 12.3. The van der Waals surface area contributed by atoms with Crippen molar-refractivity contribution in [1.82, 2.24) is 10.3 Å². The minimum atomic E-state index is -4.75. The number of alkyl halides is 3. The summed E-state index contributed by atoms with van der Waals surface area (Å²) in [6, 6.07) is 13.1. The fourth-order valence-corrected chi connectivity index (χ4v) is 3.76. The van der Waals surface area contributed by atoms with E-state index >= 15 is 0 Å². The fourth-order valence-electron chi connectivity index (χ4n) is 3.02. The Labute approximate surface area is 192 Å². The molecule has 10 heteroatoms. The molecule has 2 aromatic carbocycles. The Balaban J connectivity index is 1.50. The minimum absolute atomic E-state index is 0.00556. The highest BCUT2D eigenvalue weighted by atomic mass is 32.1. The lowest BCUT2D eigenvalue weighted by Gasteiger charge is -2.09. The third-order valence-corrected chi connectivity index (χ3v) is 5.30. The third-order valence-electron chi connectivity index (χ3n) is 4.54. The molecule has 6 nitrogen and oxygen atoms in total. The predicted molar refractivity (Wildman–Crippen MR) is 120 cm³/mol. The van der Waals surface area contributed by atoms with Crippen LogP contribution in [-0.4, -0.2) is 29.7 Å². The van der Waals surface area contributed by atoms with Crippen molar-refractivity contribution in [2.24, 2.45) is 0 Å². The molecule has 33 heavy (non-hydrogen) atoms. The highest BCUT2D eigenvalue weighted by Gasteiger charge is 2.30. The molecule has 0 atom stereocenters. The molecule has 174 valence electrons. The molecule has 3 aromatic rings. The molecule has 1 aromatic heterocycles. The monoisotopic (exact) mass is 477 g/mol. The SMILES string of the molecule is CC(=O)NCCCc1ccc(-c2csc(NC(=O)Cc3ccc(OC(F)(F)F)cc3)n2)cc1. The molecule has 0 spiro atoms. The van der Waals surface area contributed by atoms with Crippen LogP contribution in [-0.2, 0) is 22.4 Å². The normalized spacial score (nSPS) is 11.2. The first-order chi connectivity index (χ1) is 15.7. The molecule has 2 amide bonds. The zero-order valence-corrected chi connectivity index (χ0v) is 18.6. The van der Waals surface area contributed by atoms with Gasteiger partial charge < -0.3 is 15.4 Å². The average molecular weight is 478 g/mol. The number of nitrogens with zero attached hydrogens (tertiary/aromatic N) is 1. The Hall–Kier alpha value is -3.40. The highest BCUT2D eigenvalue weighted by molar-refractivity contribution is 7.14. The van der Waals surface area contributed by atoms with Gasteiger partial charge in [-0.3, -0.25) is 9.59 Å². The standard InChI is InChI=1S/C23H22F3N3O3S/c1-15(30)27-12-2-3-16-4-8-18(9-5-16)20-14-33-22(28-20)29-21(31)13-17-6-10-19(11-7-17)32-23(24,25)26/h4-11,14H,2-3,12-13H2,1H3,(H,27,30)(H,28,29,31). The van der Waals surface area contributed by atoms with Gasteiger partial charge in [0, 0.05) is 24.4 Å². The summed E-state index contributed by atoms with van der Waals surface area (Å²) >= 11 is 1.29. The molecule has 1 heterocycles. The van der Waals surface area contributed by atoms with E-state index in [1.165, 1.54) is 42.5 Å². The Morgan fingerprint density at radius 2 is 1.70 bits per heavy atom. The second-order valence-electron chi connectivity index (χ2n) is 7.24. The van der Waals surface area contributed by atoms with E-state index in [4.69, 9.17) is 0 Å². The van der Waals surface area contributed by atoms with Crippen LogP contribution in [0.15, 0.2) is 53.9 Å². The molecule has 0 saturated carbocycles. The maximum atomic E-state index is 12.3. The zero-order valence-electron chi connectivity index (χ0n) is 17.7. The van der Waals surface area contributed by atoms with Crippen LogP contribution in [0.5, 0.6) is 5.75 Å². The molecule has 0 saturated heterocycles. The predicted octanol–water partition coefficient (Wildman–Crippen LogP) is 4.96. The summed E-state index contributed by atoms with van der Waals surface area (Å²) in [7, 11) is 0. The van der Waals surface area contributed by atoms with Gasteiger partial charge in [0.2, 0.25) is 11.8 Å². The number of thiazole rings is 1. The summed E-state index contributed by atoms with van der Waals surface area (Å²) in [5.41, 5.74) is 3.35. The van der Waals surface area contributed by atoms with Crippen LogP contribution < -0.4 is 15.4 Å². The number of ether oxygens (including phenoxy) is 1. The van der Waals surface area contributed by atoms with Crippen LogP contribution in [0.2, 0.25) is 0 Å². The molecule has 0 radical (unpaired) electrons. The topological polar surface area (TPSA) is 80.3 Å². The van der Waals surface area contributed by atoms with Crippen molar-refractivity contribution in [3.8, 4) is 17.0 Å². The largest absolute Gasteiger partial charge is 0.573 e. The number of anilines is 1. The van der Waals surface area contributed by atoms with Crippen LogP contribution in [0, 0.1) is 0 Å². The second kappa shape index (κ2) is 11.0. The van der Waals surface area contributed by atoms with E-state index < -0.39 is 6.36 Å². The van der Waals surface area contributed by atoms with Gasteiger partial charge in [0.05, 0.1) is 12.1 Å². The number of rotatable bonds is 9.